The lowest BCUT2D eigenvalue weighted by Crippen LogP contribution is -2.09. The molecule has 0 fully saturated rings. The van der Waals surface area contributed by atoms with Gasteiger partial charge in [-0.15, -0.1) is 17.3 Å². The smallest absolute Gasteiger partial charge is 0.131 e. The topological polar surface area (TPSA) is 32.7 Å². The Morgan fingerprint density at radius 2 is 1.09 bits per heavy atom. The fourth-order valence-electron chi connectivity index (χ4n) is 2.31. The summed E-state index contributed by atoms with van der Waals surface area (Å²) in [4.78, 5) is 13.1. The highest BCUT2D eigenvalue weighted by Crippen LogP contribution is 2.39. The molecule has 0 N–H and O–H groups in total. The molecule has 0 amide bonds. The summed E-state index contributed by atoms with van der Waals surface area (Å²) in [6.45, 7) is 0. The van der Waals surface area contributed by atoms with Crippen molar-refractivity contribution in [3.63, 3.8) is 0 Å². The maximum Gasteiger partial charge on any atom is 0.131 e. The molecule has 0 aromatic heterocycles. The number of benzene rings is 3. The second-order valence-corrected chi connectivity index (χ2v) is 4.59. The molecule has 3 rings (SSSR count). The molecule has 3 aromatic carbocycles. The van der Waals surface area contributed by atoms with Gasteiger partial charge < -0.3 is 4.90 Å². The second-order valence-electron chi connectivity index (χ2n) is 4.59. The Balaban J connectivity index is 0.00000176. The van der Waals surface area contributed by atoms with Crippen LogP contribution in [0.15, 0.2) is 90.1 Å². The predicted molar refractivity (Wildman–Crippen MR) is 93.8 cm³/mol. The van der Waals surface area contributed by atoms with Gasteiger partial charge in [-0.2, -0.15) is 0 Å². The molecule has 110 valence electrons. The molecule has 3 nitrogen and oxygen atoms in total. The largest absolute Gasteiger partial charge is 0.308 e. The third-order valence-corrected chi connectivity index (χ3v) is 3.25. The Morgan fingerprint density at radius 3 is 1.59 bits per heavy atom. The van der Waals surface area contributed by atoms with Crippen LogP contribution in [0.4, 0.5) is 22.7 Å². The minimum absolute atomic E-state index is 0. The summed E-state index contributed by atoms with van der Waals surface area (Å²) >= 11 is 0. The van der Waals surface area contributed by atoms with E-state index in [1.54, 1.807) is 6.07 Å². The fraction of sp³-hybridized carbons (Fsp3) is 0. The van der Waals surface area contributed by atoms with Crippen LogP contribution in [0.5, 0.6) is 0 Å². The standard InChI is InChI=1S/C18H14N2O.ClH/c21-19-17-13-7-8-14-18(17)20(15-9-3-1-4-10-15)16-11-5-2-6-12-16;/h1-14H;1H. The molecule has 0 heterocycles. The van der Waals surface area contributed by atoms with Gasteiger partial charge in [0.15, 0.2) is 0 Å². The van der Waals surface area contributed by atoms with Crippen molar-refractivity contribution in [2.45, 2.75) is 0 Å². The van der Waals surface area contributed by atoms with Crippen molar-refractivity contribution < 1.29 is 0 Å². The molecule has 0 aliphatic carbocycles. The highest BCUT2D eigenvalue weighted by atomic mass is 35.5. The molecule has 0 bridgehead atoms. The molecule has 0 saturated heterocycles. The highest BCUT2D eigenvalue weighted by Gasteiger charge is 2.15. The van der Waals surface area contributed by atoms with Gasteiger partial charge in [0.2, 0.25) is 0 Å². The number of nitroso groups, excluding NO2 is 1. The van der Waals surface area contributed by atoms with Gasteiger partial charge in [0.05, 0.1) is 5.69 Å². The van der Waals surface area contributed by atoms with Gasteiger partial charge in [0.25, 0.3) is 0 Å². The van der Waals surface area contributed by atoms with Crippen molar-refractivity contribution >= 4 is 35.2 Å². The first kappa shape index (κ1) is 15.7. The molecule has 0 saturated carbocycles. The Morgan fingerprint density at radius 1 is 0.636 bits per heavy atom. The predicted octanol–water partition coefficient (Wildman–Crippen LogP) is 5.98. The molecular formula is C18H15ClN2O. The van der Waals surface area contributed by atoms with E-state index in [0.29, 0.717) is 5.69 Å². The van der Waals surface area contributed by atoms with E-state index in [1.807, 2.05) is 83.8 Å². The number of halogens is 1. The number of hydrogen-bond donors (Lipinski definition) is 0. The third-order valence-electron chi connectivity index (χ3n) is 3.25. The summed E-state index contributed by atoms with van der Waals surface area (Å²) in [5.74, 6) is 0. The summed E-state index contributed by atoms with van der Waals surface area (Å²) in [6, 6.07) is 27.2. The van der Waals surface area contributed by atoms with Crippen LogP contribution in [0.2, 0.25) is 0 Å². The van der Waals surface area contributed by atoms with Crippen LogP contribution in [0, 0.1) is 4.91 Å². The maximum atomic E-state index is 11.1. The number of nitrogens with zero attached hydrogens (tertiary/aromatic N) is 2. The van der Waals surface area contributed by atoms with Crippen molar-refractivity contribution in [2.75, 3.05) is 4.90 Å². The van der Waals surface area contributed by atoms with Crippen LogP contribution >= 0.6 is 12.4 Å². The Hall–Kier alpha value is -2.65. The maximum absolute atomic E-state index is 11.1. The molecule has 0 aliphatic rings. The van der Waals surface area contributed by atoms with Gasteiger partial charge in [-0.05, 0) is 41.6 Å². The molecule has 0 radical (unpaired) electrons. The average Bonchev–Trinajstić information content (AvgIpc) is 2.58. The Labute approximate surface area is 135 Å². The van der Waals surface area contributed by atoms with Crippen molar-refractivity contribution in [2.24, 2.45) is 5.18 Å². The first-order chi connectivity index (χ1) is 10.4. The first-order valence-corrected chi connectivity index (χ1v) is 6.73. The zero-order valence-electron chi connectivity index (χ0n) is 11.8. The second kappa shape index (κ2) is 7.38. The van der Waals surface area contributed by atoms with Gasteiger partial charge in [0.1, 0.15) is 5.69 Å². The zero-order chi connectivity index (χ0) is 14.5. The first-order valence-electron chi connectivity index (χ1n) is 6.73. The Kier molecular flexibility index (Phi) is 5.28. The van der Waals surface area contributed by atoms with E-state index in [1.165, 1.54) is 0 Å². The lowest BCUT2D eigenvalue weighted by atomic mass is 10.1. The Bertz CT molecular complexity index is 693. The molecule has 4 heteroatoms. The molecular weight excluding hydrogens is 296 g/mol. The molecule has 0 atom stereocenters. The van der Waals surface area contributed by atoms with Gasteiger partial charge in [0, 0.05) is 11.4 Å². The van der Waals surface area contributed by atoms with Crippen molar-refractivity contribution in [3.8, 4) is 0 Å². The van der Waals surface area contributed by atoms with E-state index in [2.05, 4.69) is 5.18 Å². The summed E-state index contributed by atoms with van der Waals surface area (Å²) in [5, 5.41) is 3.15. The van der Waals surface area contributed by atoms with Crippen molar-refractivity contribution in [1.82, 2.24) is 0 Å². The number of para-hydroxylation sites is 3. The lowest BCUT2D eigenvalue weighted by molar-refractivity contribution is 1.27. The zero-order valence-corrected chi connectivity index (χ0v) is 12.6. The molecule has 0 spiro atoms. The van der Waals surface area contributed by atoms with Crippen LogP contribution in [0.25, 0.3) is 0 Å². The average molecular weight is 311 g/mol. The third kappa shape index (κ3) is 3.15. The minimum atomic E-state index is 0. The highest BCUT2D eigenvalue weighted by molar-refractivity contribution is 5.85. The normalized spacial score (nSPS) is 9.64. The van der Waals surface area contributed by atoms with Crippen LogP contribution < -0.4 is 4.90 Å². The lowest BCUT2D eigenvalue weighted by Gasteiger charge is -2.25. The minimum Gasteiger partial charge on any atom is -0.308 e. The molecule has 0 aliphatic heterocycles. The molecule has 0 unspecified atom stereocenters. The van der Waals surface area contributed by atoms with Crippen molar-refractivity contribution in [1.29, 1.82) is 0 Å². The van der Waals surface area contributed by atoms with E-state index in [-0.39, 0.29) is 12.4 Å². The fourth-order valence-corrected chi connectivity index (χ4v) is 2.31. The summed E-state index contributed by atoms with van der Waals surface area (Å²) in [7, 11) is 0. The van der Waals surface area contributed by atoms with E-state index in [9.17, 15) is 4.91 Å². The van der Waals surface area contributed by atoms with E-state index >= 15 is 0 Å². The van der Waals surface area contributed by atoms with Gasteiger partial charge in [-0.1, -0.05) is 48.5 Å². The van der Waals surface area contributed by atoms with Gasteiger partial charge in [-0.3, -0.25) is 0 Å². The van der Waals surface area contributed by atoms with E-state index in [0.717, 1.165) is 17.1 Å². The van der Waals surface area contributed by atoms with Crippen molar-refractivity contribution in [3.05, 3.63) is 89.8 Å². The van der Waals surface area contributed by atoms with Crippen LogP contribution in [0.1, 0.15) is 0 Å². The van der Waals surface area contributed by atoms with E-state index in [4.69, 9.17) is 0 Å². The summed E-state index contributed by atoms with van der Waals surface area (Å²) in [5.41, 5.74) is 3.16. The number of anilines is 3. The van der Waals surface area contributed by atoms with E-state index < -0.39 is 0 Å². The molecule has 3 aromatic rings. The number of hydrogen-bond acceptors (Lipinski definition) is 3. The van der Waals surface area contributed by atoms with Crippen LogP contribution in [0.3, 0.4) is 0 Å². The summed E-state index contributed by atoms with van der Waals surface area (Å²) < 4.78 is 0. The summed E-state index contributed by atoms with van der Waals surface area (Å²) in [6.07, 6.45) is 0. The van der Waals surface area contributed by atoms with Gasteiger partial charge in [-0.25, -0.2) is 0 Å². The van der Waals surface area contributed by atoms with Gasteiger partial charge >= 0.3 is 0 Å². The number of rotatable bonds is 4. The molecule has 22 heavy (non-hydrogen) atoms. The monoisotopic (exact) mass is 310 g/mol. The van der Waals surface area contributed by atoms with Crippen LogP contribution in [-0.2, 0) is 0 Å². The quantitative estimate of drug-likeness (QED) is 0.555. The SMILES string of the molecule is Cl.O=Nc1ccccc1N(c1ccccc1)c1ccccc1. The van der Waals surface area contributed by atoms with Crippen LogP contribution in [-0.4, -0.2) is 0 Å².